The maximum atomic E-state index is 13.7. The summed E-state index contributed by atoms with van der Waals surface area (Å²) in [4.78, 5) is 4.20. The van der Waals surface area contributed by atoms with Crippen LogP contribution in [0.2, 0.25) is 0 Å². The summed E-state index contributed by atoms with van der Waals surface area (Å²) in [5, 5.41) is 7.23. The molecule has 1 heterocycles. The van der Waals surface area contributed by atoms with E-state index < -0.39 is 0 Å². The quantitative estimate of drug-likeness (QED) is 0.900. The van der Waals surface area contributed by atoms with Crippen molar-refractivity contribution in [3.63, 3.8) is 0 Å². The first-order chi connectivity index (χ1) is 9.06. The monoisotopic (exact) mass is 262 g/mol. The molecule has 0 unspecified atom stereocenters. The number of nitrogens with zero attached hydrogens (tertiary/aromatic N) is 3. The van der Waals surface area contributed by atoms with Crippen molar-refractivity contribution in [1.82, 2.24) is 14.8 Å². The molecule has 0 aliphatic carbocycles. The predicted octanol–water partition coefficient (Wildman–Crippen LogP) is 2.99. The van der Waals surface area contributed by atoms with Gasteiger partial charge in [0.2, 0.25) is 0 Å². The van der Waals surface area contributed by atoms with Gasteiger partial charge in [-0.1, -0.05) is 19.9 Å². The Labute approximate surface area is 112 Å². The van der Waals surface area contributed by atoms with Gasteiger partial charge in [0.1, 0.15) is 18.0 Å². The maximum Gasteiger partial charge on any atom is 0.146 e. The van der Waals surface area contributed by atoms with Crippen molar-refractivity contribution < 1.29 is 4.39 Å². The summed E-state index contributed by atoms with van der Waals surface area (Å²) >= 11 is 0. The number of benzene rings is 1. The lowest BCUT2D eigenvalue weighted by Crippen LogP contribution is -2.13. The van der Waals surface area contributed by atoms with Crippen LogP contribution in [0.1, 0.15) is 25.2 Å². The van der Waals surface area contributed by atoms with Crippen LogP contribution in [0.3, 0.4) is 0 Å². The highest BCUT2D eigenvalue weighted by Gasteiger charge is 2.07. The first kappa shape index (κ1) is 13.5. The van der Waals surface area contributed by atoms with E-state index in [1.54, 1.807) is 6.07 Å². The molecule has 0 fully saturated rings. The molecule has 0 atom stereocenters. The van der Waals surface area contributed by atoms with Crippen LogP contribution in [-0.4, -0.2) is 14.8 Å². The van der Waals surface area contributed by atoms with E-state index in [-0.39, 0.29) is 5.82 Å². The van der Waals surface area contributed by atoms with E-state index in [0.29, 0.717) is 18.2 Å². The van der Waals surface area contributed by atoms with Crippen LogP contribution < -0.4 is 5.32 Å². The molecule has 0 bridgehead atoms. The average Bonchev–Trinajstić information content (AvgIpc) is 2.74. The zero-order valence-corrected chi connectivity index (χ0v) is 11.5. The van der Waals surface area contributed by atoms with E-state index in [4.69, 9.17) is 0 Å². The van der Waals surface area contributed by atoms with Gasteiger partial charge in [-0.15, -0.1) is 0 Å². The van der Waals surface area contributed by atoms with Gasteiger partial charge in [-0.2, -0.15) is 5.10 Å². The molecule has 1 aromatic heterocycles. The molecule has 0 aliphatic heterocycles. The summed E-state index contributed by atoms with van der Waals surface area (Å²) in [5.41, 5.74) is 1.40. The standard InChI is InChI=1S/C14H19FN4/c1-10(2)8-19-14(17-9-18-19)7-16-13-5-4-11(3)6-12(13)15/h4-6,9-10,16H,7-8H2,1-3H3. The molecular weight excluding hydrogens is 243 g/mol. The number of aromatic nitrogens is 3. The van der Waals surface area contributed by atoms with Crippen molar-refractivity contribution >= 4 is 5.69 Å². The summed E-state index contributed by atoms with van der Waals surface area (Å²) in [6, 6.07) is 5.14. The van der Waals surface area contributed by atoms with Crippen LogP contribution in [0.15, 0.2) is 24.5 Å². The zero-order valence-electron chi connectivity index (χ0n) is 11.5. The van der Waals surface area contributed by atoms with Gasteiger partial charge < -0.3 is 5.32 Å². The summed E-state index contributed by atoms with van der Waals surface area (Å²) in [5.74, 6) is 1.07. The second-order valence-corrected chi connectivity index (χ2v) is 5.09. The van der Waals surface area contributed by atoms with Crippen molar-refractivity contribution in [2.24, 2.45) is 5.92 Å². The Morgan fingerprint density at radius 2 is 2.16 bits per heavy atom. The van der Waals surface area contributed by atoms with Crippen LogP contribution in [0.5, 0.6) is 0 Å². The second kappa shape index (κ2) is 5.82. The Balaban J connectivity index is 2.04. The lowest BCUT2D eigenvalue weighted by Gasteiger charge is -2.10. The molecule has 0 radical (unpaired) electrons. The molecule has 0 spiro atoms. The molecule has 19 heavy (non-hydrogen) atoms. The van der Waals surface area contributed by atoms with Crippen LogP contribution in [-0.2, 0) is 13.1 Å². The van der Waals surface area contributed by atoms with Crippen molar-refractivity contribution in [1.29, 1.82) is 0 Å². The van der Waals surface area contributed by atoms with Crippen LogP contribution in [0.4, 0.5) is 10.1 Å². The predicted molar refractivity (Wildman–Crippen MR) is 73.3 cm³/mol. The SMILES string of the molecule is Cc1ccc(NCc2ncnn2CC(C)C)c(F)c1. The second-order valence-electron chi connectivity index (χ2n) is 5.09. The minimum absolute atomic E-state index is 0.241. The number of anilines is 1. The highest BCUT2D eigenvalue weighted by atomic mass is 19.1. The van der Waals surface area contributed by atoms with Gasteiger partial charge in [-0.05, 0) is 30.5 Å². The third-order valence-electron chi connectivity index (χ3n) is 2.80. The van der Waals surface area contributed by atoms with Crippen molar-refractivity contribution in [3.8, 4) is 0 Å². The molecule has 0 aliphatic rings. The minimum Gasteiger partial charge on any atom is -0.375 e. The van der Waals surface area contributed by atoms with Gasteiger partial charge in [0, 0.05) is 6.54 Å². The van der Waals surface area contributed by atoms with E-state index >= 15 is 0 Å². The molecule has 0 saturated carbocycles. The summed E-state index contributed by atoms with van der Waals surface area (Å²) in [6.45, 7) is 7.39. The average molecular weight is 262 g/mol. The molecule has 2 rings (SSSR count). The molecular formula is C14H19FN4. The zero-order chi connectivity index (χ0) is 13.8. The Morgan fingerprint density at radius 3 is 2.84 bits per heavy atom. The van der Waals surface area contributed by atoms with E-state index in [9.17, 15) is 4.39 Å². The molecule has 5 heteroatoms. The third kappa shape index (κ3) is 3.53. The fourth-order valence-corrected chi connectivity index (χ4v) is 1.86. The Morgan fingerprint density at radius 1 is 1.37 bits per heavy atom. The highest BCUT2D eigenvalue weighted by Crippen LogP contribution is 2.16. The van der Waals surface area contributed by atoms with E-state index in [1.807, 2.05) is 17.7 Å². The molecule has 1 aromatic carbocycles. The summed E-state index contributed by atoms with van der Waals surface area (Å²) in [7, 11) is 0. The van der Waals surface area contributed by atoms with E-state index in [0.717, 1.165) is 17.9 Å². The summed E-state index contributed by atoms with van der Waals surface area (Å²) < 4.78 is 15.5. The minimum atomic E-state index is -0.241. The smallest absolute Gasteiger partial charge is 0.146 e. The number of halogens is 1. The normalized spacial score (nSPS) is 11.0. The number of aryl methyl sites for hydroxylation is 1. The van der Waals surface area contributed by atoms with Gasteiger partial charge in [0.05, 0.1) is 12.2 Å². The topological polar surface area (TPSA) is 42.7 Å². The van der Waals surface area contributed by atoms with Crippen molar-refractivity contribution in [2.45, 2.75) is 33.9 Å². The van der Waals surface area contributed by atoms with Crippen LogP contribution >= 0.6 is 0 Å². The number of hydrogen-bond donors (Lipinski definition) is 1. The van der Waals surface area contributed by atoms with Crippen LogP contribution in [0.25, 0.3) is 0 Å². The first-order valence-corrected chi connectivity index (χ1v) is 6.43. The van der Waals surface area contributed by atoms with Gasteiger partial charge in [-0.25, -0.2) is 14.1 Å². The summed E-state index contributed by atoms with van der Waals surface area (Å²) in [6.07, 6.45) is 1.53. The Bertz CT molecular complexity index is 548. The van der Waals surface area contributed by atoms with Gasteiger partial charge in [0.15, 0.2) is 0 Å². The molecule has 102 valence electrons. The van der Waals surface area contributed by atoms with Crippen LogP contribution in [0, 0.1) is 18.7 Å². The Hall–Kier alpha value is -1.91. The maximum absolute atomic E-state index is 13.7. The van der Waals surface area contributed by atoms with E-state index in [1.165, 1.54) is 12.4 Å². The lowest BCUT2D eigenvalue weighted by molar-refractivity contribution is 0.468. The first-order valence-electron chi connectivity index (χ1n) is 6.43. The van der Waals surface area contributed by atoms with Crippen molar-refractivity contribution in [3.05, 3.63) is 41.7 Å². The van der Waals surface area contributed by atoms with Crippen molar-refractivity contribution in [2.75, 3.05) is 5.32 Å². The van der Waals surface area contributed by atoms with Gasteiger partial charge >= 0.3 is 0 Å². The van der Waals surface area contributed by atoms with Gasteiger partial charge in [0.25, 0.3) is 0 Å². The van der Waals surface area contributed by atoms with Gasteiger partial charge in [-0.3, -0.25) is 0 Å². The molecule has 2 aromatic rings. The molecule has 0 amide bonds. The number of hydrogen-bond acceptors (Lipinski definition) is 3. The fraction of sp³-hybridized carbons (Fsp3) is 0.429. The largest absolute Gasteiger partial charge is 0.375 e. The molecule has 0 saturated heterocycles. The third-order valence-corrected chi connectivity index (χ3v) is 2.80. The van der Waals surface area contributed by atoms with E-state index in [2.05, 4.69) is 29.2 Å². The molecule has 1 N–H and O–H groups in total. The Kier molecular flexibility index (Phi) is 4.14. The highest BCUT2D eigenvalue weighted by molar-refractivity contribution is 5.46. The fourth-order valence-electron chi connectivity index (χ4n) is 1.86. The molecule has 4 nitrogen and oxygen atoms in total. The number of nitrogens with one attached hydrogen (secondary N) is 1. The number of rotatable bonds is 5. The lowest BCUT2D eigenvalue weighted by atomic mass is 10.2.